The molecule has 0 saturated carbocycles. The molecule has 0 spiro atoms. The molecule has 2 aromatic rings. The summed E-state index contributed by atoms with van der Waals surface area (Å²) in [5, 5.41) is 5.34. The van der Waals surface area contributed by atoms with Crippen LogP contribution in [0, 0.1) is 5.82 Å². The number of hydrogen-bond acceptors (Lipinski definition) is 4. The van der Waals surface area contributed by atoms with Crippen LogP contribution < -0.4 is 10.6 Å². The molecule has 0 aliphatic rings. The Morgan fingerprint density at radius 3 is 2.30 bits per heavy atom. The molecule has 2 N–H and O–H groups in total. The molecule has 6 nitrogen and oxygen atoms in total. The Labute approximate surface area is 157 Å². The van der Waals surface area contributed by atoms with Gasteiger partial charge < -0.3 is 10.6 Å². The monoisotopic (exact) mass is 371 g/mol. The van der Waals surface area contributed by atoms with E-state index in [1.807, 2.05) is 0 Å². The molecule has 0 fully saturated rings. The largest absolute Gasteiger partial charge is 0.325 e. The first-order chi connectivity index (χ1) is 12.8. The lowest BCUT2D eigenvalue weighted by Gasteiger charge is -2.23. The van der Waals surface area contributed by atoms with E-state index >= 15 is 0 Å². The number of likely N-dealkylation sites (N-methyl/N-ethyl adjacent to an activating group) is 1. The van der Waals surface area contributed by atoms with E-state index < -0.39 is 11.9 Å². The summed E-state index contributed by atoms with van der Waals surface area (Å²) >= 11 is 0. The average molecular weight is 371 g/mol. The summed E-state index contributed by atoms with van der Waals surface area (Å²) in [6.45, 7) is 3.11. The Morgan fingerprint density at radius 1 is 1.04 bits per heavy atom. The number of Topliss-reactive ketones (excluding diaryl/α,β-unsaturated/α-hetero) is 1. The standard InChI is InChI=1S/C20H22FN3O3/c1-13(20(27)23-17-9-7-15(8-10-17)14(2)25)24(3)12-19(26)22-18-6-4-5-16(21)11-18/h4-11,13H,12H2,1-3H3,(H,22,26)(H,23,27)/t13-/m0/s1. The molecule has 2 aromatic carbocycles. The molecule has 1 atom stereocenters. The second-order valence-corrected chi connectivity index (χ2v) is 6.27. The Balaban J connectivity index is 1.89. The van der Waals surface area contributed by atoms with Crippen LogP contribution in [-0.4, -0.2) is 42.1 Å². The van der Waals surface area contributed by atoms with E-state index in [-0.39, 0.29) is 24.1 Å². The molecule has 0 heterocycles. The van der Waals surface area contributed by atoms with Crippen LogP contribution in [0.2, 0.25) is 0 Å². The fourth-order valence-corrected chi connectivity index (χ4v) is 2.37. The van der Waals surface area contributed by atoms with Gasteiger partial charge in [0.05, 0.1) is 12.6 Å². The van der Waals surface area contributed by atoms with Crippen LogP contribution in [-0.2, 0) is 9.59 Å². The maximum atomic E-state index is 13.2. The van der Waals surface area contributed by atoms with E-state index in [0.29, 0.717) is 16.9 Å². The van der Waals surface area contributed by atoms with Crippen LogP contribution in [0.4, 0.5) is 15.8 Å². The smallest absolute Gasteiger partial charge is 0.241 e. The lowest BCUT2D eigenvalue weighted by molar-refractivity contribution is -0.122. The van der Waals surface area contributed by atoms with Crippen molar-refractivity contribution < 1.29 is 18.8 Å². The lowest BCUT2D eigenvalue weighted by Crippen LogP contribution is -2.43. The van der Waals surface area contributed by atoms with Crippen molar-refractivity contribution in [1.82, 2.24) is 4.90 Å². The van der Waals surface area contributed by atoms with Crippen LogP contribution in [0.25, 0.3) is 0 Å². The number of rotatable bonds is 7. The van der Waals surface area contributed by atoms with Crippen molar-refractivity contribution in [2.24, 2.45) is 0 Å². The second kappa shape index (κ2) is 9.05. The molecule has 27 heavy (non-hydrogen) atoms. The number of carbonyl (C=O) groups is 3. The van der Waals surface area contributed by atoms with Crippen LogP contribution in [0.5, 0.6) is 0 Å². The Bertz CT molecular complexity index is 837. The summed E-state index contributed by atoms with van der Waals surface area (Å²) in [5.74, 6) is -1.13. The van der Waals surface area contributed by atoms with E-state index in [2.05, 4.69) is 10.6 Å². The summed E-state index contributed by atoms with van der Waals surface area (Å²) in [6, 6.07) is 11.6. The molecule has 0 aliphatic heterocycles. The molecular weight excluding hydrogens is 349 g/mol. The van der Waals surface area contributed by atoms with Crippen LogP contribution in [0.1, 0.15) is 24.2 Å². The van der Waals surface area contributed by atoms with Crippen molar-refractivity contribution in [2.45, 2.75) is 19.9 Å². The Hall–Kier alpha value is -3.06. The average Bonchev–Trinajstić information content (AvgIpc) is 2.61. The number of anilines is 2. The van der Waals surface area contributed by atoms with E-state index in [4.69, 9.17) is 0 Å². The first-order valence-electron chi connectivity index (χ1n) is 8.44. The third-order valence-electron chi connectivity index (χ3n) is 4.10. The number of nitrogens with one attached hydrogen (secondary N) is 2. The fourth-order valence-electron chi connectivity index (χ4n) is 2.37. The highest BCUT2D eigenvalue weighted by molar-refractivity contribution is 5.97. The molecule has 0 saturated heterocycles. The van der Waals surface area contributed by atoms with E-state index in [0.717, 1.165) is 0 Å². The van der Waals surface area contributed by atoms with Gasteiger partial charge in [0.1, 0.15) is 5.82 Å². The maximum absolute atomic E-state index is 13.2. The molecule has 0 radical (unpaired) electrons. The topological polar surface area (TPSA) is 78.5 Å². The zero-order chi connectivity index (χ0) is 20.0. The Morgan fingerprint density at radius 2 is 1.70 bits per heavy atom. The van der Waals surface area contributed by atoms with Gasteiger partial charge >= 0.3 is 0 Å². The summed E-state index contributed by atoms with van der Waals surface area (Å²) in [4.78, 5) is 37.3. The van der Waals surface area contributed by atoms with Crippen molar-refractivity contribution in [1.29, 1.82) is 0 Å². The maximum Gasteiger partial charge on any atom is 0.241 e. The highest BCUT2D eigenvalue weighted by Gasteiger charge is 2.20. The quantitative estimate of drug-likeness (QED) is 0.734. The molecule has 7 heteroatoms. The SMILES string of the molecule is CC(=O)c1ccc(NC(=O)[C@H](C)N(C)CC(=O)Nc2cccc(F)c2)cc1. The minimum atomic E-state index is -0.573. The highest BCUT2D eigenvalue weighted by atomic mass is 19.1. The molecule has 142 valence electrons. The zero-order valence-corrected chi connectivity index (χ0v) is 15.5. The van der Waals surface area contributed by atoms with Gasteiger partial charge in [-0.15, -0.1) is 0 Å². The zero-order valence-electron chi connectivity index (χ0n) is 15.5. The van der Waals surface area contributed by atoms with Gasteiger partial charge in [0.25, 0.3) is 0 Å². The number of ketones is 1. The van der Waals surface area contributed by atoms with Gasteiger partial charge in [-0.25, -0.2) is 4.39 Å². The van der Waals surface area contributed by atoms with Crippen molar-refractivity contribution in [3.8, 4) is 0 Å². The number of halogens is 1. The molecular formula is C20H22FN3O3. The van der Waals surface area contributed by atoms with Crippen LogP contribution >= 0.6 is 0 Å². The van der Waals surface area contributed by atoms with Crippen molar-refractivity contribution in [2.75, 3.05) is 24.2 Å². The number of amides is 2. The van der Waals surface area contributed by atoms with Gasteiger partial charge in [0, 0.05) is 16.9 Å². The van der Waals surface area contributed by atoms with Crippen molar-refractivity contribution in [3.05, 3.63) is 59.9 Å². The Kier molecular flexibility index (Phi) is 6.79. The lowest BCUT2D eigenvalue weighted by atomic mass is 10.1. The first kappa shape index (κ1) is 20.3. The van der Waals surface area contributed by atoms with Crippen molar-refractivity contribution in [3.63, 3.8) is 0 Å². The molecule has 2 rings (SSSR count). The fraction of sp³-hybridized carbons (Fsp3) is 0.250. The number of nitrogens with zero attached hydrogens (tertiary/aromatic N) is 1. The molecule has 0 aromatic heterocycles. The highest BCUT2D eigenvalue weighted by Crippen LogP contribution is 2.12. The van der Waals surface area contributed by atoms with Gasteiger partial charge in [-0.3, -0.25) is 19.3 Å². The summed E-state index contributed by atoms with van der Waals surface area (Å²) in [7, 11) is 1.65. The van der Waals surface area contributed by atoms with E-state index in [1.54, 1.807) is 49.2 Å². The number of hydrogen-bond donors (Lipinski definition) is 2. The normalized spacial score (nSPS) is 11.7. The van der Waals surface area contributed by atoms with Gasteiger partial charge in [-0.05, 0) is 63.4 Å². The predicted octanol–water partition coefficient (Wildman–Crippen LogP) is 2.93. The van der Waals surface area contributed by atoms with Gasteiger partial charge in [-0.1, -0.05) is 6.07 Å². The molecule has 0 bridgehead atoms. The number of carbonyl (C=O) groups excluding carboxylic acids is 3. The predicted molar refractivity (Wildman–Crippen MR) is 102 cm³/mol. The van der Waals surface area contributed by atoms with E-state index in [9.17, 15) is 18.8 Å². The molecule has 0 aliphatic carbocycles. The summed E-state index contributed by atoms with van der Waals surface area (Å²) in [5.41, 5.74) is 1.48. The number of benzene rings is 2. The minimum absolute atomic E-state index is 0.0334. The van der Waals surface area contributed by atoms with Crippen LogP contribution in [0.15, 0.2) is 48.5 Å². The summed E-state index contributed by atoms with van der Waals surface area (Å²) in [6.07, 6.45) is 0. The van der Waals surface area contributed by atoms with Gasteiger partial charge in [0.2, 0.25) is 11.8 Å². The minimum Gasteiger partial charge on any atom is -0.325 e. The summed E-state index contributed by atoms with van der Waals surface area (Å²) < 4.78 is 13.2. The molecule has 0 unspecified atom stereocenters. The van der Waals surface area contributed by atoms with Gasteiger partial charge in [-0.2, -0.15) is 0 Å². The molecule has 2 amide bonds. The van der Waals surface area contributed by atoms with E-state index in [1.165, 1.54) is 25.1 Å². The third kappa shape index (κ3) is 6.00. The third-order valence-corrected chi connectivity index (χ3v) is 4.10. The van der Waals surface area contributed by atoms with Crippen molar-refractivity contribution >= 4 is 29.0 Å². The van der Waals surface area contributed by atoms with Gasteiger partial charge in [0.15, 0.2) is 5.78 Å². The second-order valence-electron chi connectivity index (χ2n) is 6.27. The first-order valence-corrected chi connectivity index (χ1v) is 8.44. The van der Waals surface area contributed by atoms with Crippen LogP contribution in [0.3, 0.4) is 0 Å².